The lowest BCUT2D eigenvalue weighted by Gasteiger charge is -2.29. The number of benzene rings is 3. The highest BCUT2D eigenvalue weighted by molar-refractivity contribution is 5.89. The number of para-hydroxylation sites is 1. The zero-order valence-corrected chi connectivity index (χ0v) is 16.1. The van der Waals surface area contributed by atoms with Crippen molar-refractivity contribution >= 4 is 21.7 Å². The van der Waals surface area contributed by atoms with E-state index in [1.54, 1.807) is 0 Å². The van der Waals surface area contributed by atoms with Gasteiger partial charge in [0.2, 0.25) is 0 Å². The summed E-state index contributed by atoms with van der Waals surface area (Å²) in [5.74, 6) is 0.366. The zero-order chi connectivity index (χ0) is 18.8. The van der Waals surface area contributed by atoms with Gasteiger partial charge in [-0.3, -0.25) is 4.90 Å². The van der Waals surface area contributed by atoms with E-state index in [0.717, 1.165) is 39.3 Å². The maximum absolute atomic E-state index is 5.53. The molecule has 1 unspecified atom stereocenters. The summed E-state index contributed by atoms with van der Waals surface area (Å²) in [6.45, 7) is 4.88. The lowest BCUT2D eigenvalue weighted by Crippen LogP contribution is -2.37. The van der Waals surface area contributed by atoms with Crippen molar-refractivity contribution in [3.63, 3.8) is 0 Å². The first-order valence-electron chi connectivity index (χ1n) is 10.2. The van der Waals surface area contributed by atoms with Crippen LogP contribution < -0.4 is 0 Å². The Labute approximate surface area is 165 Å². The van der Waals surface area contributed by atoms with Gasteiger partial charge in [-0.25, -0.2) is 0 Å². The van der Waals surface area contributed by atoms with E-state index < -0.39 is 0 Å². The van der Waals surface area contributed by atoms with Crippen LogP contribution >= 0.6 is 0 Å². The van der Waals surface area contributed by atoms with Gasteiger partial charge in [-0.2, -0.15) is 0 Å². The molecule has 1 aromatic heterocycles. The molecule has 0 spiro atoms. The van der Waals surface area contributed by atoms with Gasteiger partial charge in [0.25, 0.3) is 0 Å². The minimum Gasteiger partial charge on any atom is -0.379 e. The number of rotatable bonds is 5. The van der Waals surface area contributed by atoms with Crippen molar-refractivity contribution in [2.45, 2.75) is 12.3 Å². The molecule has 3 aromatic carbocycles. The lowest BCUT2D eigenvalue weighted by molar-refractivity contribution is 0.0370. The third kappa shape index (κ3) is 3.32. The van der Waals surface area contributed by atoms with E-state index >= 15 is 0 Å². The highest BCUT2D eigenvalue weighted by Gasteiger charge is 2.21. The summed E-state index contributed by atoms with van der Waals surface area (Å²) in [6, 6.07) is 24.1. The summed E-state index contributed by atoms with van der Waals surface area (Å²) in [5.41, 5.74) is 4.05. The molecule has 2 heterocycles. The average Bonchev–Trinajstić information content (AvgIpc) is 3.19. The average molecular weight is 370 g/mol. The molecule has 28 heavy (non-hydrogen) atoms. The van der Waals surface area contributed by atoms with E-state index in [1.807, 2.05) is 0 Å². The second-order valence-electron chi connectivity index (χ2n) is 7.65. The zero-order valence-electron chi connectivity index (χ0n) is 16.1. The van der Waals surface area contributed by atoms with Crippen molar-refractivity contribution in [3.05, 3.63) is 84.1 Å². The number of hydrogen-bond acceptors (Lipinski definition) is 2. The van der Waals surface area contributed by atoms with E-state index in [2.05, 4.69) is 82.8 Å². The van der Waals surface area contributed by atoms with Crippen LogP contribution in [0.3, 0.4) is 0 Å². The molecular formula is C25H26N2O. The fraction of sp³-hybridized carbons (Fsp3) is 0.280. The van der Waals surface area contributed by atoms with Crippen molar-refractivity contribution in [2.24, 2.45) is 0 Å². The van der Waals surface area contributed by atoms with E-state index in [-0.39, 0.29) is 0 Å². The predicted octanol–water partition coefficient (Wildman–Crippen LogP) is 5.18. The van der Waals surface area contributed by atoms with Gasteiger partial charge in [-0.15, -0.1) is 0 Å². The molecule has 0 aliphatic carbocycles. The van der Waals surface area contributed by atoms with Crippen LogP contribution in [0.1, 0.15) is 23.5 Å². The fourth-order valence-corrected chi connectivity index (χ4v) is 4.55. The molecule has 1 N–H and O–H groups in total. The van der Waals surface area contributed by atoms with Gasteiger partial charge >= 0.3 is 0 Å². The minimum absolute atomic E-state index is 0.366. The summed E-state index contributed by atoms with van der Waals surface area (Å²) in [7, 11) is 0. The van der Waals surface area contributed by atoms with Crippen LogP contribution in [-0.4, -0.2) is 42.7 Å². The van der Waals surface area contributed by atoms with E-state index in [9.17, 15) is 0 Å². The Balaban J connectivity index is 1.57. The Morgan fingerprint density at radius 1 is 0.821 bits per heavy atom. The summed E-state index contributed by atoms with van der Waals surface area (Å²) in [5, 5.41) is 4.01. The van der Waals surface area contributed by atoms with Crippen molar-refractivity contribution in [1.82, 2.24) is 9.88 Å². The molecule has 142 valence electrons. The maximum atomic E-state index is 5.53. The van der Waals surface area contributed by atoms with E-state index in [0.29, 0.717) is 5.92 Å². The molecule has 0 radical (unpaired) electrons. The smallest absolute Gasteiger partial charge is 0.0594 e. The number of nitrogens with zero attached hydrogens (tertiary/aromatic N) is 1. The normalized spacial score (nSPS) is 16.6. The minimum atomic E-state index is 0.366. The largest absolute Gasteiger partial charge is 0.379 e. The summed E-state index contributed by atoms with van der Waals surface area (Å²) in [6.07, 6.45) is 3.33. The first-order chi connectivity index (χ1) is 13.9. The molecule has 1 atom stereocenters. The first kappa shape index (κ1) is 17.5. The molecule has 1 saturated heterocycles. The third-order valence-corrected chi connectivity index (χ3v) is 6.03. The van der Waals surface area contributed by atoms with Gasteiger partial charge < -0.3 is 9.72 Å². The van der Waals surface area contributed by atoms with Crippen molar-refractivity contribution < 1.29 is 4.74 Å². The van der Waals surface area contributed by atoms with Crippen molar-refractivity contribution in [1.29, 1.82) is 0 Å². The van der Waals surface area contributed by atoms with Crippen LogP contribution in [0, 0.1) is 0 Å². The maximum Gasteiger partial charge on any atom is 0.0594 e. The molecule has 3 heteroatoms. The van der Waals surface area contributed by atoms with Crippen LogP contribution in [0.25, 0.3) is 21.7 Å². The summed E-state index contributed by atoms with van der Waals surface area (Å²) >= 11 is 0. The van der Waals surface area contributed by atoms with Crippen molar-refractivity contribution in [3.8, 4) is 0 Å². The number of ether oxygens (including phenoxy) is 1. The first-order valence-corrected chi connectivity index (χ1v) is 10.2. The molecule has 1 aliphatic heterocycles. The number of nitrogens with one attached hydrogen (secondary N) is 1. The molecule has 4 aromatic rings. The third-order valence-electron chi connectivity index (χ3n) is 6.03. The highest BCUT2D eigenvalue weighted by Crippen LogP contribution is 2.37. The van der Waals surface area contributed by atoms with Crippen LogP contribution in [0.5, 0.6) is 0 Å². The second kappa shape index (κ2) is 7.78. The topological polar surface area (TPSA) is 28.3 Å². The van der Waals surface area contributed by atoms with Gasteiger partial charge in [0, 0.05) is 36.1 Å². The van der Waals surface area contributed by atoms with Crippen LogP contribution in [0.4, 0.5) is 0 Å². The number of H-pyrrole nitrogens is 1. The quantitative estimate of drug-likeness (QED) is 0.525. The van der Waals surface area contributed by atoms with Crippen LogP contribution in [0.15, 0.2) is 72.9 Å². The summed E-state index contributed by atoms with van der Waals surface area (Å²) < 4.78 is 5.53. The predicted molar refractivity (Wildman–Crippen MR) is 116 cm³/mol. The van der Waals surface area contributed by atoms with Gasteiger partial charge in [0.15, 0.2) is 0 Å². The van der Waals surface area contributed by atoms with Crippen LogP contribution in [-0.2, 0) is 4.74 Å². The number of fused-ring (bicyclic) bond motifs is 2. The highest BCUT2D eigenvalue weighted by atomic mass is 16.5. The fourth-order valence-electron chi connectivity index (χ4n) is 4.55. The molecule has 5 rings (SSSR count). The Hall–Kier alpha value is -2.62. The van der Waals surface area contributed by atoms with Crippen LogP contribution in [0.2, 0.25) is 0 Å². The molecule has 1 aliphatic rings. The Morgan fingerprint density at radius 3 is 2.46 bits per heavy atom. The Kier molecular flexibility index (Phi) is 4.86. The Morgan fingerprint density at radius 2 is 1.57 bits per heavy atom. The molecule has 0 bridgehead atoms. The van der Waals surface area contributed by atoms with Gasteiger partial charge in [-0.05, 0) is 40.9 Å². The second-order valence-corrected chi connectivity index (χ2v) is 7.65. The Bertz CT molecular complexity index is 1070. The summed E-state index contributed by atoms with van der Waals surface area (Å²) in [4.78, 5) is 6.03. The molecule has 0 saturated carbocycles. The number of aromatic amines is 1. The van der Waals surface area contributed by atoms with Gasteiger partial charge in [-0.1, -0.05) is 60.7 Å². The molecule has 1 fully saturated rings. The molecule has 0 amide bonds. The molecular weight excluding hydrogens is 344 g/mol. The number of hydrogen-bond donors (Lipinski definition) is 1. The van der Waals surface area contributed by atoms with Gasteiger partial charge in [0.1, 0.15) is 0 Å². The van der Waals surface area contributed by atoms with E-state index in [4.69, 9.17) is 4.74 Å². The standard InChI is InChI=1S/C25H26N2O/c1-2-8-20-19(6-1)7-5-10-21(20)22(12-13-27-14-16-28-17-15-27)24-18-26-25-11-4-3-9-23(24)25/h1-11,18,22,26H,12-17H2. The number of morpholine rings is 1. The SMILES string of the molecule is c1ccc2c(C(CCN3CCOCC3)c3c[nH]c4ccccc34)cccc2c1. The van der Waals surface area contributed by atoms with Crippen molar-refractivity contribution in [2.75, 3.05) is 32.8 Å². The number of aromatic nitrogens is 1. The molecule has 3 nitrogen and oxygen atoms in total. The van der Waals surface area contributed by atoms with Gasteiger partial charge in [0.05, 0.1) is 13.2 Å². The lowest BCUT2D eigenvalue weighted by atomic mass is 9.85. The monoisotopic (exact) mass is 370 g/mol. The van der Waals surface area contributed by atoms with E-state index in [1.165, 1.54) is 32.8 Å².